The maximum absolute atomic E-state index is 13.9. The number of para-hydroxylation sites is 2. The van der Waals surface area contributed by atoms with Crippen LogP contribution in [0.25, 0.3) is 16.6 Å². The highest BCUT2D eigenvalue weighted by atomic mass is 79.9. The van der Waals surface area contributed by atoms with Crippen LogP contribution in [0.3, 0.4) is 0 Å². The van der Waals surface area contributed by atoms with Crippen LogP contribution in [0.15, 0.2) is 76.0 Å². The van der Waals surface area contributed by atoms with E-state index in [1.807, 2.05) is 82.3 Å². The van der Waals surface area contributed by atoms with Crippen molar-refractivity contribution < 1.29 is 4.79 Å². The zero-order valence-electron chi connectivity index (χ0n) is 21.1. The van der Waals surface area contributed by atoms with Gasteiger partial charge in [-0.25, -0.2) is 9.78 Å². The molecule has 0 aliphatic heterocycles. The fraction of sp³-hybridized carbons (Fsp3) is 0.276. The second-order valence-corrected chi connectivity index (χ2v) is 9.80. The van der Waals surface area contributed by atoms with Crippen LogP contribution in [0.2, 0.25) is 0 Å². The zero-order valence-corrected chi connectivity index (χ0v) is 22.7. The summed E-state index contributed by atoms with van der Waals surface area (Å²) in [4.78, 5) is 34.3. The van der Waals surface area contributed by atoms with Crippen LogP contribution in [0, 0.1) is 13.8 Å². The molecule has 6 nitrogen and oxygen atoms in total. The number of rotatable bonds is 7. The van der Waals surface area contributed by atoms with Crippen molar-refractivity contribution in [2.45, 2.75) is 46.6 Å². The number of hydrogen-bond acceptors (Lipinski definition) is 3. The van der Waals surface area contributed by atoms with Gasteiger partial charge in [-0.3, -0.25) is 9.36 Å². The monoisotopic (exact) mass is 546 g/mol. The molecular weight excluding hydrogens is 516 g/mol. The fourth-order valence-corrected chi connectivity index (χ4v) is 4.98. The second-order valence-electron chi connectivity index (χ2n) is 8.95. The molecule has 1 heterocycles. The second kappa shape index (κ2) is 11.1. The minimum absolute atomic E-state index is 0.135. The highest BCUT2D eigenvalue weighted by Gasteiger charge is 2.29. The summed E-state index contributed by atoms with van der Waals surface area (Å²) in [6, 6.07) is 20.3. The number of fused-ring (bicyclic) bond motifs is 1. The van der Waals surface area contributed by atoms with Crippen molar-refractivity contribution >= 4 is 38.6 Å². The summed E-state index contributed by atoms with van der Waals surface area (Å²) >= 11 is 3.51. The number of nitrogens with one attached hydrogen (secondary N) is 1. The van der Waals surface area contributed by atoms with E-state index in [4.69, 9.17) is 4.98 Å². The number of carbonyl (C=O) groups excluding carboxylic acids is 1. The Balaban J connectivity index is 1.90. The van der Waals surface area contributed by atoms with Crippen molar-refractivity contribution in [2.24, 2.45) is 0 Å². The van der Waals surface area contributed by atoms with Crippen LogP contribution < -0.4 is 10.9 Å². The van der Waals surface area contributed by atoms with Gasteiger partial charge in [-0.2, -0.15) is 0 Å². The van der Waals surface area contributed by atoms with Gasteiger partial charge in [0, 0.05) is 11.0 Å². The number of nitrogens with zero attached hydrogens (tertiary/aromatic N) is 3. The molecule has 0 radical (unpaired) electrons. The fourth-order valence-electron chi connectivity index (χ4n) is 4.59. The van der Waals surface area contributed by atoms with Crippen LogP contribution in [-0.2, 0) is 0 Å². The molecule has 0 aliphatic rings. The van der Waals surface area contributed by atoms with E-state index in [9.17, 15) is 9.59 Å². The highest BCUT2D eigenvalue weighted by molar-refractivity contribution is 9.10. The highest BCUT2D eigenvalue weighted by Crippen LogP contribution is 2.29. The van der Waals surface area contributed by atoms with Crippen molar-refractivity contribution in [3.8, 4) is 5.69 Å². The molecule has 0 aliphatic carbocycles. The maximum atomic E-state index is 13.9. The number of hydrogen-bond donors (Lipinski definition) is 1. The van der Waals surface area contributed by atoms with Crippen molar-refractivity contribution in [2.75, 3.05) is 11.9 Å². The Kier molecular flexibility index (Phi) is 7.89. The van der Waals surface area contributed by atoms with Crippen LogP contribution in [0.4, 0.5) is 10.5 Å². The van der Waals surface area contributed by atoms with Gasteiger partial charge in [0.15, 0.2) is 0 Å². The van der Waals surface area contributed by atoms with E-state index in [2.05, 4.69) is 27.3 Å². The average Bonchev–Trinajstić information content (AvgIpc) is 2.86. The van der Waals surface area contributed by atoms with Crippen molar-refractivity contribution in [1.82, 2.24) is 14.5 Å². The van der Waals surface area contributed by atoms with E-state index in [1.54, 1.807) is 15.5 Å². The van der Waals surface area contributed by atoms with Crippen molar-refractivity contribution in [3.63, 3.8) is 0 Å². The van der Waals surface area contributed by atoms with E-state index < -0.39 is 6.04 Å². The third kappa shape index (κ3) is 5.07. The van der Waals surface area contributed by atoms with Gasteiger partial charge in [-0.05, 0) is 78.5 Å². The molecule has 7 heteroatoms. The SMILES string of the molecule is CCCN(C(=O)Nc1ccccc1Br)C(CC)c1nc2ccccc2c(=O)n1-c1ccc(C)cc1C. The number of amides is 2. The number of aryl methyl sites for hydroxylation is 2. The molecule has 0 spiro atoms. The average molecular weight is 547 g/mol. The maximum Gasteiger partial charge on any atom is 0.322 e. The predicted molar refractivity (Wildman–Crippen MR) is 150 cm³/mol. The molecule has 1 atom stereocenters. The molecule has 1 N–H and O–H groups in total. The zero-order chi connectivity index (χ0) is 25.8. The Bertz CT molecular complexity index is 1460. The minimum atomic E-state index is -0.412. The van der Waals surface area contributed by atoms with Gasteiger partial charge < -0.3 is 10.2 Å². The van der Waals surface area contributed by atoms with Gasteiger partial charge in [-0.1, -0.05) is 55.8 Å². The molecule has 0 fully saturated rings. The van der Waals surface area contributed by atoms with Crippen LogP contribution >= 0.6 is 15.9 Å². The normalized spacial score (nSPS) is 11.9. The third-order valence-electron chi connectivity index (χ3n) is 6.30. The third-order valence-corrected chi connectivity index (χ3v) is 6.99. The number of anilines is 1. The summed E-state index contributed by atoms with van der Waals surface area (Å²) in [5.41, 5.74) is 4.05. The van der Waals surface area contributed by atoms with Gasteiger partial charge in [0.2, 0.25) is 0 Å². The summed E-state index contributed by atoms with van der Waals surface area (Å²) in [5, 5.41) is 3.59. The van der Waals surface area contributed by atoms with Gasteiger partial charge in [0.05, 0.1) is 28.3 Å². The lowest BCUT2D eigenvalue weighted by Gasteiger charge is -2.32. The van der Waals surface area contributed by atoms with E-state index in [0.29, 0.717) is 35.4 Å². The summed E-state index contributed by atoms with van der Waals surface area (Å²) in [6.07, 6.45) is 1.36. The molecule has 1 unspecified atom stereocenters. The quantitative estimate of drug-likeness (QED) is 0.267. The van der Waals surface area contributed by atoms with E-state index in [-0.39, 0.29) is 11.6 Å². The minimum Gasteiger partial charge on any atom is -0.314 e. The lowest BCUT2D eigenvalue weighted by Crippen LogP contribution is -2.41. The van der Waals surface area contributed by atoms with Crippen molar-refractivity contribution in [1.29, 1.82) is 0 Å². The summed E-state index contributed by atoms with van der Waals surface area (Å²) in [5.74, 6) is 0.559. The number of urea groups is 1. The molecule has 0 saturated heterocycles. The number of halogens is 1. The topological polar surface area (TPSA) is 67.2 Å². The Labute approximate surface area is 220 Å². The summed E-state index contributed by atoms with van der Waals surface area (Å²) < 4.78 is 2.50. The van der Waals surface area contributed by atoms with E-state index in [0.717, 1.165) is 27.7 Å². The number of carbonyl (C=O) groups is 1. The lowest BCUT2D eigenvalue weighted by molar-refractivity contribution is 0.181. The van der Waals surface area contributed by atoms with Crippen LogP contribution in [-0.4, -0.2) is 27.0 Å². The molecule has 36 heavy (non-hydrogen) atoms. The Morgan fingerprint density at radius 1 is 1.06 bits per heavy atom. The van der Waals surface area contributed by atoms with Gasteiger partial charge in [0.1, 0.15) is 5.82 Å². The van der Waals surface area contributed by atoms with Crippen LogP contribution in [0.5, 0.6) is 0 Å². The van der Waals surface area contributed by atoms with Gasteiger partial charge in [0.25, 0.3) is 5.56 Å². The summed E-state index contributed by atoms with van der Waals surface area (Å²) in [6.45, 7) is 8.61. The first-order valence-electron chi connectivity index (χ1n) is 12.3. The number of benzene rings is 3. The molecule has 3 aromatic carbocycles. The molecule has 1 aromatic heterocycles. The van der Waals surface area contributed by atoms with Gasteiger partial charge in [-0.15, -0.1) is 0 Å². The molecule has 4 rings (SSSR count). The predicted octanol–water partition coefficient (Wildman–Crippen LogP) is 7.16. The number of aromatic nitrogens is 2. The Morgan fingerprint density at radius 2 is 1.78 bits per heavy atom. The largest absolute Gasteiger partial charge is 0.322 e. The molecule has 186 valence electrons. The molecule has 4 aromatic rings. The lowest BCUT2D eigenvalue weighted by atomic mass is 10.1. The molecule has 0 saturated carbocycles. The Hall–Kier alpha value is -3.45. The Morgan fingerprint density at radius 3 is 2.47 bits per heavy atom. The summed E-state index contributed by atoms with van der Waals surface area (Å²) in [7, 11) is 0. The first kappa shape index (κ1) is 25.6. The first-order chi connectivity index (χ1) is 17.3. The van der Waals surface area contributed by atoms with Crippen molar-refractivity contribution in [3.05, 3.63) is 98.5 Å². The smallest absolute Gasteiger partial charge is 0.314 e. The van der Waals surface area contributed by atoms with E-state index >= 15 is 0 Å². The van der Waals surface area contributed by atoms with Gasteiger partial charge >= 0.3 is 6.03 Å². The van der Waals surface area contributed by atoms with E-state index in [1.165, 1.54) is 0 Å². The molecular formula is C29H31BrN4O2. The first-order valence-corrected chi connectivity index (χ1v) is 13.1. The standard InChI is InChI=1S/C29H31BrN4O2/c1-5-17-33(29(36)32-24-14-10-8-12-22(24)30)25(6-2)27-31-23-13-9-7-11-21(23)28(35)34(27)26-16-15-19(3)18-20(26)4/h7-16,18,25H,5-6,17H2,1-4H3,(H,32,36). The molecule has 2 amide bonds. The molecule has 0 bridgehead atoms. The van der Waals surface area contributed by atoms with Crippen LogP contribution in [0.1, 0.15) is 49.7 Å².